The second-order valence-electron chi connectivity index (χ2n) is 5.81. The molecule has 0 radical (unpaired) electrons. The topological polar surface area (TPSA) is 102 Å². The Bertz CT molecular complexity index is 920. The molecule has 0 aliphatic carbocycles. The number of nitro benzene ring substituents is 1. The quantitative estimate of drug-likeness (QED) is 0.541. The van der Waals surface area contributed by atoms with Gasteiger partial charge in [0.15, 0.2) is 5.75 Å². The molecule has 8 nitrogen and oxygen atoms in total. The molecule has 0 bridgehead atoms. The van der Waals surface area contributed by atoms with Gasteiger partial charge in [-0.25, -0.2) is 0 Å². The largest absolute Gasteiger partial charge is 0.490 e. The molecule has 148 valence electrons. The number of benzene rings is 2. The minimum absolute atomic E-state index is 0.0391. The summed E-state index contributed by atoms with van der Waals surface area (Å²) in [5.41, 5.74) is 0.415. The second-order valence-corrected chi connectivity index (χ2v) is 6.66. The van der Waals surface area contributed by atoms with Gasteiger partial charge in [-0.05, 0) is 29.8 Å². The van der Waals surface area contributed by atoms with Gasteiger partial charge in [0.2, 0.25) is 5.91 Å². The van der Waals surface area contributed by atoms with Gasteiger partial charge in [0, 0.05) is 35.3 Å². The number of likely N-dealkylation sites (N-methyl/N-ethyl adjacent to an activating group) is 1. The number of nitro groups is 1. The number of nitrogens with one attached hydrogen (secondary N) is 1. The summed E-state index contributed by atoms with van der Waals surface area (Å²) in [5, 5.41) is 14.4. The molecule has 0 aromatic heterocycles. The summed E-state index contributed by atoms with van der Waals surface area (Å²) >= 11 is 11.9. The highest BCUT2D eigenvalue weighted by atomic mass is 35.5. The summed E-state index contributed by atoms with van der Waals surface area (Å²) in [6, 6.07) is 8.75. The summed E-state index contributed by atoms with van der Waals surface area (Å²) in [6.07, 6.45) is 0. The lowest BCUT2D eigenvalue weighted by molar-refractivity contribution is -0.385. The van der Waals surface area contributed by atoms with Crippen molar-refractivity contribution in [2.75, 3.05) is 20.7 Å². The van der Waals surface area contributed by atoms with Crippen molar-refractivity contribution >= 4 is 40.7 Å². The van der Waals surface area contributed by atoms with Crippen LogP contribution < -0.4 is 10.1 Å². The number of hydrogen-bond donors (Lipinski definition) is 1. The number of hydrogen-bond acceptors (Lipinski definition) is 5. The molecule has 0 atom stereocenters. The van der Waals surface area contributed by atoms with Crippen molar-refractivity contribution in [3.05, 3.63) is 67.7 Å². The molecule has 2 rings (SSSR count). The molecule has 0 unspecified atom stereocenters. The average molecular weight is 426 g/mol. The monoisotopic (exact) mass is 425 g/mol. The maximum Gasteiger partial charge on any atom is 0.311 e. The van der Waals surface area contributed by atoms with Gasteiger partial charge in [-0.1, -0.05) is 29.3 Å². The van der Waals surface area contributed by atoms with Gasteiger partial charge >= 0.3 is 5.69 Å². The molecule has 10 heteroatoms. The molecule has 2 aromatic carbocycles. The molecule has 28 heavy (non-hydrogen) atoms. The van der Waals surface area contributed by atoms with Crippen molar-refractivity contribution in [3.63, 3.8) is 0 Å². The standard InChI is InChI=1S/C18H17Cl2N3O5/c1-22(10-12-3-5-13(19)8-14(12)20)17(24)9-21-18(25)11-4-6-16(28-2)15(7-11)23(26)27/h3-8H,9-10H2,1-2H3,(H,21,25). The number of halogens is 2. The minimum atomic E-state index is -0.648. The molecule has 2 aromatic rings. The first-order chi connectivity index (χ1) is 13.2. The third kappa shape index (κ3) is 5.34. The first kappa shape index (κ1) is 21.5. The third-order valence-electron chi connectivity index (χ3n) is 3.89. The summed E-state index contributed by atoms with van der Waals surface area (Å²) < 4.78 is 4.89. The maximum absolute atomic E-state index is 12.3. The smallest absolute Gasteiger partial charge is 0.311 e. The molecule has 0 aliphatic heterocycles. The fraction of sp³-hybridized carbons (Fsp3) is 0.222. The highest BCUT2D eigenvalue weighted by Crippen LogP contribution is 2.27. The normalized spacial score (nSPS) is 10.3. The SMILES string of the molecule is COc1ccc(C(=O)NCC(=O)N(C)Cc2ccc(Cl)cc2Cl)cc1[N+](=O)[O-]. The Morgan fingerprint density at radius 1 is 1.21 bits per heavy atom. The van der Waals surface area contributed by atoms with E-state index in [1.807, 2.05) is 0 Å². The number of carbonyl (C=O) groups excluding carboxylic acids is 2. The lowest BCUT2D eigenvalue weighted by atomic mass is 10.1. The molecule has 0 spiro atoms. The number of amides is 2. The van der Waals surface area contributed by atoms with Gasteiger partial charge in [0.05, 0.1) is 18.6 Å². The molecular formula is C18H17Cl2N3O5. The van der Waals surface area contributed by atoms with E-state index >= 15 is 0 Å². The highest BCUT2D eigenvalue weighted by molar-refractivity contribution is 6.35. The summed E-state index contributed by atoms with van der Waals surface area (Å²) in [4.78, 5) is 36.3. The van der Waals surface area contributed by atoms with Crippen LogP contribution >= 0.6 is 23.2 Å². The van der Waals surface area contributed by atoms with Crippen LogP contribution in [-0.2, 0) is 11.3 Å². The van der Waals surface area contributed by atoms with Gasteiger partial charge in [-0.15, -0.1) is 0 Å². The van der Waals surface area contributed by atoms with Crippen molar-refractivity contribution in [2.24, 2.45) is 0 Å². The van der Waals surface area contributed by atoms with Crippen LogP contribution in [-0.4, -0.2) is 42.3 Å². The van der Waals surface area contributed by atoms with E-state index in [4.69, 9.17) is 27.9 Å². The molecule has 0 aliphatic rings. The van der Waals surface area contributed by atoms with Crippen LogP contribution in [0.1, 0.15) is 15.9 Å². The maximum atomic E-state index is 12.3. The van der Waals surface area contributed by atoms with Crippen LogP contribution in [0.4, 0.5) is 5.69 Å². The summed E-state index contributed by atoms with van der Waals surface area (Å²) in [5.74, 6) is -0.934. The molecule has 0 saturated heterocycles. The molecule has 0 heterocycles. The van der Waals surface area contributed by atoms with E-state index in [0.29, 0.717) is 15.6 Å². The predicted octanol–water partition coefficient (Wildman–Crippen LogP) is 3.30. The molecule has 0 saturated carbocycles. The van der Waals surface area contributed by atoms with E-state index in [1.165, 1.54) is 24.1 Å². The van der Waals surface area contributed by atoms with E-state index in [1.54, 1.807) is 25.2 Å². The number of nitrogens with zero attached hydrogens (tertiary/aromatic N) is 2. The van der Waals surface area contributed by atoms with Crippen LogP contribution in [0, 0.1) is 10.1 Å². The zero-order chi connectivity index (χ0) is 20.8. The fourth-order valence-corrected chi connectivity index (χ4v) is 2.83. The predicted molar refractivity (Wildman–Crippen MR) is 105 cm³/mol. The molecule has 1 N–H and O–H groups in total. The third-order valence-corrected chi connectivity index (χ3v) is 4.47. The van der Waals surface area contributed by atoms with E-state index in [9.17, 15) is 19.7 Å². The van der Waals surface area contributed by atoms with Crippen molar-refractivity contribution in [3.8, 4) is 5.75 Å². The highest BCUT2D eigenvalue weighted by Gasteiger charge is 2.19. The minimum Gasteiger partial charge on any atom is -0.490 e. The van der Waals surface area contributed by atoms with Gasteiger partial charge < -0.3 is 15.0 Å². The van der Waals surface area contributed by atoms with E-state index in [-0.39, 0.29) is 36.0 Å². The molecule has 2 amide bonds. The summed E-state index contributed by atoms with van der Waals surface area (Å²) in [6.45, 7) is -0.0426. The second kappa shape index (κ2) is 9.38. The zero-order valence-electron chi connectivity index (χ0n) is 15.1. The lowest BCUT2D eigenvalue weighted by Crippen LogP contribution is -2.37. The molecular weight excluding hydrogens is 409 g/mol. The van der Waals surface area contributed by atoms with Crippen molar-refractivity contribution in [1.82, 2.24) is 10.2 Å². The van der Waals surface area contributed by atoms with Crippen LogP contribution in [0.25, 0.3) is 0 Å². The van der Waals surface area contributed by atoms with Crippen molar-refractivity contribution < 1.29 is 19.2 Å². The first-order valence-corrected chi connectivity index (χ1v) is 8.77. The van der Waals surface area contributed by atoms with Crippen LogP contribution in [0.2, 0.25) is 10.0 Å². The van der Waals surface area contributed by atoms with Gasteiger partial charge in [0.25, 0.3) is 5.91 Å². The van der Waals surface area contributed by atoms with Crippen LogP contribution in [0.15, 0.2) is 36.4 Å². The Balaban J connectivity index is 1.99. The van der Waals surface area contributed by atoms with E-state index in [0.717, 1.165) is 6.07 Å². The molecule has 0 fully saturated rings. The number of rotatable bonds is 7. The van der Waals surface area contributed by atoms with Crippen molar-refractivity contribution in [2.45, 2.75) is 6.54 Å². The Kier molecular flexibility index (Phi) is 7.19. The number of carbonyl (C=O) groups is 2. The van der Waals surface area contributed by atoms with E-state index in [2.05, 4.69) is 5.32 Å². The van der Waals surface area contributed by atoms with Gasteiger partial charge in [-0.3, -0.25) is 19.7 Å². The Labute approximate surface area is 171 Å². The van der Waals surface area contributed by atoms with Crippen LogP contribution in [0.5, 0.6) is 5.75 Å². The van der Waals surface area contributed by atoms with Gasteiger partial charge in [0.1, 0.15) is 0 Å². The van der Waals surface area contributed by atoms with Crippen molar-refractivity contribution in [1.29, 1.82) is 0 Å². The van der Waals surface area contributed by atoms with E-state index < -0.39 is 10.8 Å². The summed E-state index contributed by atoms with van der Waals surface area (Å²) in [7, 11) is 2.86. The Morgan fingerprint density at radius 3 is 2.54 bits per heavy atom. The van der Waals surface area contributed by atoms with Crippen LogP contribution in [0.3, 0.4) is 0 Å². The zero-order valence-corrected chi connectivity index (χ0v) is 16.6. The first-order valence-electron chi connectivity index (χ1n) is 8.01. The fourth-order valence-electron chi connectivity index (χ4n) is 2.36. The lowest BCUT2D eigenvalue weighted by Gasteiger charge is -2.18. The average Bonchev–Trinajstić information content (AvgIpc) is 2.67. The number of ether oxygens (including phenoxy) is 1. The number of methoxy groups -OCH3 is 1. The van der Waals surface area contributed by atoms with Gasteiger partial charge in [-0.2, -0.15) is 0 Å². The Morgan fingerprint density at radius 2 is 1.93 bits per heavy atom. The Hall–Kier alpha value is -2.84.